The molecule has 1 atom stereocenters. The van der Waals surface area contributed by atoms with Crippen molar-refractivity contribution in [3.8, 4) is 17.0 Å². The number of esters is 1. The molecular formula is C28H35NO4. The third-order valence-corrected chi connectivity index (χ3v) is 5.55. The SMILES string of the molecule is CCCOC(Cc1ccc(OCCn2c(C)ccc2-c2ccc(C)cc2)cc1)C(=O)OCC. The van der Waals surface area contributed by atoms with Crippen LogP contribution in [0, 0.1) is 13.8 Å². The van der Waals surface area contributed by atoms with E-state index in [1.54, 1.807) is 6.92 Å². The molecule has 33 heavy (non-hydrogen) atoms. The van der Waals surface area contributed by atoms with Crippen LogP contribution in [0.3, 0.4) is 0 Å². The van der Waals surface area contributed by atoms with Crippen LogP contribution in [0.15, 0.2) is 60.7 Å². The Morgan fingerprint density at radius 2 is 1.64 bits per heavy atom. The Kier molecular flexibility index (Phi) is 9.14. The van der Waals surface area contributed by atoms with E-state index in [-0.39, 0.29) is 5.97 Å². The number of carbonyl (C=O) groups excluding carboxylic acids is 1. The number of hydrogen-bond donors (Lipinski definition) is 0. The number of benzene rings is 2. The highest BCUT2D eigenvalue weighted by molar-refractivity contribution is 5.75. The number of hydrogen-bond acceptors (Lipinski definition) is 4. The predicted octanol–water partition coefficient (Wildman–Crippen LogP) is 5.75. The second kappa shape index (κ2) is 12.3. The van der Waals surface area contributed by atoms with Gasteiger partial charge in [-0.3, -0.25) is 0 Å². The quantitative estimate of drug-likeness (QED) is 0.330. The minimum atomic E-state index is -0.575. The van der Waals surface area contributed by atoms with Gasteiger partial charge in [-0.2, -0.15) is 0 Å². The van der Waals surface area contributed by atoms with Crippen LogP contribution in [-0.4, -0.2) is 36.5 Å². The molecule has 0 N–H and O–H groups in total. The molecule has 0 fully saturated rings. The molecule has 1 heterocycles. The van der Waals surface area contributed by atoms with Gasteiger partial charge in [-0.05, 0) is 62.6 Å². The average Bonchev–Trinajstić information content (AvgIpc) is 3.18. The number of nitrogens with zero attached hydrogens (tertiary/aromatic N) is 1. The lowest BCUT2D eigenvalue weighted by Crippen LogP contribution is -2.29. The molecule has 2 aromatic carbocycles. The summed E-state index contributed by atoms with van der Waals surface area (Å²) in [7, 11) is 0. The molecule has 0 aliphatic heterocycles. The predicted molar refractivity (Wildman–Crippen MR) is 132 cm³/mol. The lowest BCUT2D eigenvalue weighted by atomic mass is 10.1. The van der Waals surface area contributed by atoms with Crippen molar-refractivity contribution in [1.82, 2.24) is 4.57 Å². The fraction of sp³-hybridized carbons (Fsp3) is 0.393. The van der Waals surface area contributed by atoms with Gasteiger partial charge in [0, 0.05) is 24.4 Å². The second-order valence-corrected chi connectivity index (χ2v) is 8.19. The highest BCUT2D eigenvalue weighted by Crippen LogP contribution is 2.23. The van der Waals surface area contributed by atoms with E-state index in [0.717, 1.165) is 24.3 Å². The molecule has 3 aromatic rings. The van der Waals surface area contributed by atoms with Crippen molar-refractivity contribution in [3.63, 3.8) is 0 Å². The van der Waals surface area contributed by atoms with Crippen LogP contribution >= 0.6 is 0 Å². The minimum absolute atomic E-state index is 0.308. The topological polar surface area (TPSA) is 49.7 Å². The summed E-state index contributed by atoms with van der Waals surface area (Å²) in [6, 6.07) is 20.8. The maximum atomic E-state index is 12.2. The van der Waals surface area contributed by atoms with Gasteiger partial charge in [-0.15, -0.1) is 0 Å². The van der Waals surface area contributed by atoms with Crippen molar-refractivity contribution in [3.05, 3.63) is 77.5 Å². The van der Waals surface area contributed by atoms with E-state index >= 15 is 0 Å². The van der Waals surface area contributed by atoms with Crippen LogP contribution in [0.4, 0.5) is 0 Å². The molecule has 0 saturated heterocycles. The van der Waals surface area contributed by atoms with E-state index in [2.05, 4.69) is 54.8 Å². The number of carbonyl (C=O) groups is 1. The number of aryl methyl sites for hydroxylation is 2. The van der Waals surface area contributed by atoms with Crippen molar-refractivity contribution in [1.29, 1.82) is 0 Å². The third kappa shape index (κ3) is 6.96. The van der Waals surface area contributed by atoms with Gasteiger partial charge >= 0.3 is 5.97 Å². The summed E-state index contributed by atoms with van der Waals surface area (Å²) in [5, 5.41) is 0. The van der Waals surface area contributed by atoms with Crippen molar-refractivity contribution >= 4 is 5.97 Å². The van der Waals surface area contributed by atoms with Crippen molar-refractivity contribution in [2.75, 3.05) is 19.8 Å². The second-order valence-electron chi connectivity index (χ2n) is 8.19. The number of aromatic nitrogens is 1. The Balaban J connectivity index is 1.57. The monoisotopic (exact) mass is 449 g/mol. The lowest BCUT2D eigenvalue weighted by molar-refractivity contribution is -0.156. The Bertz CT molecular complexity index is 1010. The molecule has 0 spiro atoms. The Hall–Kier alpha value is -3.05. The summed E-state index contributed by atoms with van der Waals surface area (Å²) in [4.78, 5) is 12.2. The largest absolute Gasteiger partial charge is 0.492 e. The zero-order chi connectivity index (χ0) is 23.6. The molecule has 3 rings (SSSR count). The van der Waals surface area contributed by atoms with Gasteiger partial charge in [0.25, 0.3) is 0 Å². The van der Waals surface area contributed by atoms with Gasteiger partial charge in [0.15, 0.2) is 6.10 Å². The van der Waals surface area contributed by atoms with Gasteiger partial charge in [0.2, 0.25) is 0 Å². The van der Waals surface area contributed by atoms with Crippen molar-refractivity contribution in [2.24, 2.45) is 0 Å². The van der Waals surface area contributed by atoms with E-state index < -0.39 is 6.10 Å². The standard InChI is InChI=1S/C28H35NO4/c1-5-18-33-27(28(30)31-6-2)20-23-10-14-25(15-11-23)32-19-17-29-22(4)9-16-26(29)24-12-7-21(3)8-13-24/h7-16,27H,5-6,17-20H2,1-4H3. The smallest absolute Gasteiger partial charge is 0.335 e. The molecule has 5 nitrogen and oxygen atoms in total. The molecule has 0 saturated carbocycles. The van der Waals surface area contributed by atoms with Crippen LogP contribution < -0.4 is 4.74 Å². The highest BCUT2D eigenvalue weighted by atomic mass is 16.6. The van der Waals surface area contributed by atoms with Gasteiger partial charge < -0.3 is 18.8 Å². The summed E-state index contributed by atoms with van der Waals surface area (Å²) < 4.78 is 19.2. The molecule has 176 valence electrons. The molecule has 0 amide bonds. The maximum absolute atomic E-state index is 12.2. The van der Waals surface area contributed by atoms with Gasteiger partial charge in [0.1, 0.15) is 12.4 Å². The van der Waals surface area contributed by atoms with Crippen LogP contribution in [0.1, 0.15) is 37.1 Å². The first-order chi connectivity index (χ1) is 16.0. The first-order valence-corrected chi connectivity index (χ1v) is 11.7. The number of rotatable bonds is 12. The molecule has 1 aromatic heterocycles. The Morgan fingerprint density at radius 1 is 0.909 bits per heavy atom. The maximum Gasteiger partial charge on any atom is 0.335 e. The third-order valence-electron chi connectivity index (χ3n) is 5.55. The highest BCUT2D eigenvalue weighted by Gasteiger charge is 2.20. The summed E-state index contributed by atoms with van der Waals surface area (Å²) in [6.07, 6.45) is 0.769. The van der Waals surface area contributed by atoms with Crippen molar-refractivity contribution in [2.45, 2.75) is 53.2 Å². The molecule has 0 radical (unpaired) electrons. The summed E-state index contributed by atoms with van der Waals surface area (Å²) in [5.41, 5.74) is 5.88. The summed E-state index contributed by atoms with van der Waals surface area (Å²) >= 11 is 0. The van der Waals surface area contributed by atoms with Crippen molar-refractivity contribution < 1.29 is 19.0 Å². The molecule has 1 unspecified atom stereocenters. The first kappa shape index (κ1) is 24.6. The van der Waals surface area contributed by atoms with E-state index in [1.165, 1.54) is 22.5 Å². The van der Waals surface area contributed by atoms with Gasteiger partial charge in [-0.1, -0.05) is 48.9 Å². The van der Waals surface area contributed by atoms with Crippen LogP contribution in [0.25, 0.3) is 11.3 Å². The molecule has 0 bridgehead atoms. The zero-order valence-corrected chi connectivity index (χ0v) is 20.2. The fourth-order valence-corrected chi connectivity index (χ4v) is 3.74. The lowest BCUT2D eigenvalue weighted by Gasteiger charge is -2.16. The van der Waals surface area contributed by atoms with E-state index in [9.17, 15) is 4.79 Å². The summed E-state index contributed by atoms with van der Waals surface area (Å²) in [6.45, 7) is 10.3. The fourth-order valence-electron chi connectivity index (χ4n) is 3.74. The Morgan fingerprint density at radius 3 is 2.30 bits per heavy atom. The Labute approximate surface area is 197 Å². The molecule has 0 aliphatic carbocycles. The average molecular weight is 450 g/mol. The van der Waals surface area contributed by atoms with Crippen LogP contribution in [-0.2, 0) is 27.2 Å². The van der Waals surface area contributed by atoms with Gasteiger partial charge in [0.05, 0.1) is 13.2 Å². The van der Waals surface area contributed by atoms with E-state index in [1.807, 2.05) is 31.2 Å². The van der Waals surface area contributed by atoms with Crippen LogP contribution in [0.2, 0.25) is 0 Å². The molecule has 0 aliphatic rings. The van der Waals surface area contributed by atoms with Gasteiger partial charge in [-0.25, -0.2) is 4.79 Å². The first-order valence-electron chi connectivity index (χ1n) is 11.7. The summed E-state index contributed by atoms with van der Waals surface area (Å²) in [5.74, 6) is 0.500. The van der Waals surface area contributed by atoms with Crippen LogP contribution in [0.5, 0.6) is 5.75 Å². The normalized spacial score (nSPS) is 11.9. The van der Waals surface area contributed by atoms with E-state index in [4.69, 9.17) is 14.2 Å². The number of ether oxygens (including phenoxy) is 3. The minimum Gasteiger partial charge on any atom is -0.492 e. The molecule has 5 heteroatoms. The molecular weight excluding hydrogens is 414 g/mol. The zero-order valence-electron chi connectivity index (χ0n) is 20.2. The van der Waals surface area contributed by atoms with E-state index in [0.29, 0.717) is 26.2 Å².